The van der Waals surface area contributed by atoms with Gasteiger partial charge in [-0.3, -0.25) is 9.59 Å². The van der Waals surface area contributed by atoms with Crippen LogP contribution in [0.25, 0.3) is 0 Å². The maximum absolute atomic E-state index is 12.4. The highest BCUT2D eigenvalue weighted by Gasteiger charge is 2.17. The van der Waals surface area contributed by atoms with Crippen molar-refractivity contribution in [2.75, 3.05) is 26.2 Å². The predicted octanol–water partition coefficient (Wildman–Crippen LogP) is 2.40. The Kier molecular flexibility index (Phi) is 8.01. The summed E-state index contributed by atoms with van der Waals surface area (Å²) in [4.78, 5) is 27.3. The molecular formula is C21H27N3O4S2. The third kappa shape index (κ3) is 6.38. The minimum atomic E-state index is -3.62. The highest BCUT2D eigenvalue weighted by molar-refractivity contribution is 7.89. The number of rotatable bonds is 9. The Morgan fingerprint density at radius 1 is 1.07 bits per heavy atom. The summed E-state index contributed by atoms with van der Waals surface area (Å²) in [6.07, 6.45) is 4.20. The number of hydrogen-bond donors (Lipinski definition) is 2. The molecule has 0 spiro atoms. The Balaban J connectivity index is 1.47. The van der Waals surface area contributed by atoms with Crippen molar-refractivity contribution < 1.29 is 18.0 Å². The molecule has 1 aliphatic rings. The summed E-state index contributed by atoms with van der Waals surface area (Å²) in [6.45, 7) is 1.92. The summed E-state index contributed by atoms with van der Waals surface area (Å²) >= 11 is 1.59. The fraction of sp³-hybridized carbons (Fsp3) is 0.429. The van der Waals surface area contributed by atoms with Gasteiger partial charge in [0.15, 0.2) is 0 Å². The molecule has 7 nitrogen and oxygen atoms in total. The number of carbonyl (C=O) groups excluding carboxylic acids is 2. The summed E-state index contributed by atoms with van der Waals surface area (Å²) in [5, 5.41) is 4.76. The van der Waals surface area contributed by atoms with Crippen LogP contribution in [0.15, 0.2) is 46.7 Å². The average Bonchev–Trinajstić information content (AvgIpc) is 3.17. The first-order valence-electron chi connectivity index (χ1n) is 10.1. The standard InChI is InChI=1S/C21H27N3O4S2/c25-20-6-2-1-3-14-24(20)15-13-22-21(26)17-7-9-19(10-8-17)30(27,28)23-12-11-18-5-4-16-29-18/h4-5,7-10,16,23H,1-3,6,11-15H2,(H,22,26). The van der Waals surface area contributed by atoms with Crippen LogP contribution in [0.4, 0.5) is 0 Å². The number of nitrogens with zero attached hydrogens (tertiary/aromatic N) is 1. The van der Waals surface area contributed by atoms with Crippen LogP contribution in [-0.4, -0.2) is 51.3 Å². The molecule has 0 bridgehead atoms. The molecule has 0 aliphatic carbocycles. The Labute approximate surface area is 181 Å². The number of benzene rings is 1. The van der Waals surface area contributed by atoms with Crippen molar-refractivity contribution in [3.63, 3.8) is 0 Å². The number of nitrogens with one attached hydrogen (secondary N) is 2. The molecule has 2 N–H and O–H groups in total. The third-order valence-corrected chi connectivity index (χ3v) is 7.42. The lowest BCUT2D eigenvalue weighted by Crippen LogP contribution is -2.38. The largest absolute Gasteiger partial charge is 0.350 e. The molecule has 3 rings (SSSR count). The van der Waals surface area contributed by atoms with Crippen LogP contribution in [-0.2, 0) is 21.2 Å². The first-order chi connectivity index (χ1) is 14.5. The van der Waals surface area contributed by atoms with Crippen molar-refractivity contribution in [3.05, 3.63) is 52.2 Å². The topological polar surface area (TPSA) is 95.6 Å². The van der Waals surface area contributed by atoms with E-state index in [0.29, 0.717) is 38.0 Å². The van der Waals surface area contributed by atoms with Gasteiger partial charge in [-0.05, 0) is 55.0 Å². The molecule has 0 atom stereocenters. The van der Waals surface area contributed by atoms with Gasteiger partial charge in [-0.1, -0.05) is 12.5 Å². The normalized spacial score (nSPS) is 15.1. The fourth-order valence-corrected chi connectivity index (χ4v) is 5.05. The molecule has 1 aromatic carbocycles. The third-order valence-electron chi connectivity index (χ3n) is 5.01. The highest BCUT2D eigenvalue weighted by Crippen LogP contribution is 2.13. The number of likely N-dealkylation sites (tertiary alicyclic amines) is 1. The van der Waals surface area contributed by atoms with Crippen molar-refractivity contribution in [2.45, 2.75) is 37.0 Å². The van der Waals surface area contributed by atoms with Gasteiger partial charge in [-0.25, -0.2) is 13.1 Å². The van der Waals surface area contributed by atoms with Gasteiger partial charge in [-0.2, -0.15) is 0 Å². The molecule has 1 aromatic heterocycles. The zero-order valence-corrected chi connectivity index (χ0v) is 18.4. The SMILES string of the molecule is O=C(NCCN1CCCCCC1=O)c1ccc(S(=O)(=O)NCCc2cccs2)cc1. The first kappa shape index (κ1) is 22.5. The van der Waals surface area contributed by atoms with Crippen molar-refractivity contribution in [1.82, 2.24) is 14.9 Å². The van der Waals surface area contributed by atoms with Gasteiger partial charge in [0, 0.05) is 43.0 Å². The van der Waals surface area contributed by atoms with E-state index in [1.807, 2.05) is 17.5 Å². The zero-order chi connectivity index (χ0) is 21.4. The Bertz CT molecular complexity index is 941. The summed E-state index contributed by atoms with van der Waals surface area (Å²) in [5.41, 5.74) is 0.384. The molecular weight excluding hydrogens is 422 g/mol. The first-order valence-corrected chi connectivity index (χ1v) is 12.5. The molecule has 2 amide bonds. The molecule has 30 heavy (non-hydrogen) atoms. The van der Waals surface area contributed by atoms with E-state index in [0.717, 1.165) is 30.7 Å². The van der Waals surface area contributed by atoms with Crippen LogP contribution >= 0.6 is 11.3 Å². The van der Waals surface area contributed by atoms with Crippen molar-refractivity contribution in [3.8, 4) is 0 Å². The maximum atomic E-state index is 12.4. The lowest BCUT2D eigenvalue weighted by atomic mass is 10.2. The molecule has 0 radical (unpaired) electrons. The van der Waals surface area contributed by atoms with Gasteiger partial charge >= 0.3 is 0 Å². The van der Waals surface area contributed by atoms with E-state index >= 15 is 0 Å². The van der Waals surface area contributed by atoms with Crippen molar-refractivity contribution in [1.29, 1.82) is 0 Å². The number of sulfonamides is 1. The Morgan fingerprint density at radius 2 is 1.87 bits per heavy atom. The number of carbonyl (C=O) groups is 2. The van der Waals surface area contributed by atoms with Crippen LogP contribution in [0.2, 0.25) is 0 Å². The average molecular weight is 450 g/mol. The van der Waals surface area contributed by atoms with Crippen LogP contribution in [0.3, 0.4) is 0 Å². The number of hydrogen-bond acceptors (Lipinski definition) is 5. The molecule has 2 heterocycles. The van der Waals surface area contributed by atoms with Gasteiger partial charge in [0.1, 0.15) is 0 Å². The Hall–Kier alpha value is -2.23. The van der Waals surface area contributed by atoms with E-state index in [9.17, 15) is 18.0 Å². The molecule has 162 valence electrons. The van der Waals surface area contributed by atoms with E-state index in [1.54, 1.807) is 16.2 Å². The quantitative estimate of drug-likeness (QED) is 0.615. The van der Waals surface area contributed by atoms with Crippen molar-refractivity contribution in [2.24, 2.45) is 0 Å². The minimum Gasteiger partial charge on any atom is -0.350 e. The molecule has 1 fully saturated rings. The molecule has 1 aliphatic heterocycles. The summed E-state index contributed by atoms with van der Waals surface area (Å²) in [6, 6.07) is 9.76. The van der Waals surface area contributed by atoms with Crippen LogP contribution in [0.5, 0.6) is 0 Å². The second-order valence-corrected chi connectivity index (χ2v) is 10.00. The van der Waals surface area contributed by atoms with E-state index in [-0.39, 0.29) is 16.7 Å². The van der Waals surface area contributed by atoms with Gasteiger partial charge in [0.05, 0.1) is 4.90 Å². The molecule has 0 saturated carbocycles. The van der Waals surface area contributed by atoms with E-state index in [4.69, 9.17) is 0 Å². The van der Waals surface area contributed by atoms with Crippen LogP contribution in [0, 0.1) is 0 Å². The molecule has 2 aromatic rings. The lowest BCUT2D eigenvalue weighted by Gasteiger charge is -2.20. The second-order valence-electron chi connectivity index (χ2n) is 7.20. The van der Waals surface area contributed by atoms with E-state index < -0.39 is 10.0 Å². The van der Waals surface area contributed by atoms with Gasteiger partial charge < -0.3 is 10.2 Å². The van der Waals surface area contributed by atoms with E-state index in [1.165, 1.54) is 24.3 Å². The van der Waals surface area contributed by atoms with Crippen LogP contribution < -0.4 is 10.0 Å². The summed E-state index contributed by atoms with van der Waals surface area (Å²) in [7, 11) is -3.62. The van der Waals surface area contributed by atoms with Gasteiger partial charge in [-0.15, -0.1) is 11.3 Å². The smallest absolute Gasteiger partial charge is 0.251 e. The number of amides is 2. The molecule has 9 heteroatoms. The molecule has 1 saturated heterocycles. The monoisotopic (exact) mass is 449 g/mol. The second kappa shape index (κ2) is 10.7. The van der Waals surface area contributed by atoms with Gasteiger partial charge in [0.2, 0.25) is 15.9 Å². The summed E-state index contributed by atoms with van der Waals surface area (Å²) < 4.78 is 27.4. The molecule has 0 unspecified atom stereocenters. The lowest BCUT2D eigenvalue weighted by molar-refractivity contribution is -0.130. The number of thiophene rings is 1. The Morgan fingerprint density at radius 3 is 2.60 bits per heavy atom. The van der Waals surface area contributed by atoms with Crippen LogP contribution in [0.1, 0.15) is 40.9 Å². The highest BCUT2D eigenvalue weighted by atomic mass is 32.2. The zero-order valence-electron chi connectivity index (χ0n) is 16.8. The summed E-state index contributed by atoms with van der Waals surface area (Å²) in [5.74, 6) is -0.144. The maximum Gasteiger partial charge on any atom is 0.251 e. The van der Waals surface area contributed by atoms with E-state index in [2.05, 4.69) is 10.0 Å². The van der Waals surface area contributed by atoms with Crippen molar-refractivity contribution >= 4 is 33.2 Å². The minimum absolute atomic E-state index is 0.125. The van der Waals surface area contributed by atoms with Gasteiger partial charge in [0.25, 0.3) is 5.91 Å². The predicted molar refractivity (Wildman–Crippen MR) is 117 cm³/mol. The fourth-order valence-electron chi connectivity index (χ4n) is 3.31.